The molecule has 0 aromatic heterocycles. The highest BCUT2D eigenvalue weighted by Crippen LogP contribution is 2.39. The molecule has 0 fully saturated rings. The highest BCUT2D eigenvalue weighted by Gasteiger charge is 2.17. The van der Waals surface area contributed by atoms with Gasteiger partial charge in [0.1, 0.15) is 0 Å². The Labute approximate surface area is 124 Å². The van der Waals surface area contributed by atoms with Crippen LogP contribution in [0.1, 0.15) is 5.56 Å². The zero-order valence-electron chi connectivity index (χ0n) is 9.95. The number of benzene rings is 2. The van der Waals surface area contributed by atoms with E-state index in [1.165, 1.54) is 0 Å². The Morgan fingerprint density at radius 2 is 1.95 bits per heavy atom. The number of anilines is 1. The van der Waals surface area contributed by atoms with Crippen LogP contribution in [-0.4, -0.2) is 6.79 Å². The Balaban J connectivity index is 1.73. The number of ether oxygens (including phenoxy) is 2. The lowest BCUT2D eigenvalue weighted by atomic mass is 10.2. The van der Waals surface area contributed by atoms with Crippen molar-refractivity contribution in [2.45, 2.75) is 6.54 Å². The molecule has 98 valence electrons. The van der Waals surface area contributed by atoms with Crippen molar-refractivity contribution in [3.05, 3.63) is 51.5 Å². The molecule has 3 nitrogen and oxygen atoms in total. The molecule has 0 aliphatic carbocycles. The van der Waals surface area contributed by atoms with Gasteiger partial charge in [-0.2, -0.15) is 0 Å². The molecule has 0 saturated heterocycles. The quantitative estimate of drug-likeness (QED) is 0.896. The van der Waals surface area contributed by atoms with Crippen LogP contribution in [0, 0.1) is 0 Å². The summed E-state index contributed by atoms with van der Waals surface area (Å²) < 4.78 is 11.7. The van der Waals surface area contributed by atoms with Gasteiger partial charge in [0.05, 0.1) is 5.02 Å². The van der Waals surface area contributed by atoms with Gasteiger partial charge in [0, 0.05) is 16.7 Å². The van der Waals surface area contributed by atoms with E-state index in [-0.39, 0.29) is 6.79 Å². The van der Waals surface area contributed by atoms with E-state index in [0.717, 1.165) is 15.7 Å². The molecule has 0 amide bonds. The maximum absolute atomic E-state index is 6.14. The number of halogens is 2. The fourth-order valence-corrected chi connectivity index (χ4v) is 2.45. The van der Waals surface area contributed by atoms with Crippen LogP contribution < -0.4 is 14.8 Å². The molecule has 0 radical (unpaired) electrons. The Kier molecular flexibility index (Phi) is 3.53. The molecule has 0 atom stereocenters. The number of rotatable bonds is 3. The zero-order chi connectivity index (χ0) is 13.2. The molecule has 2 aromatic rings. The van der Waals surface area contributed by atoms with E-state index in [4.69, 9.17) is 21.1 Å². The van der Waals surface area contributed by atoms with E-state index >= 15 is 0 Å². The molecule has 5 heteroatoms. The Bertz CT molecular complexity index is 601. The maximum atomic E-state index is 6.14. The van der Waals surface area contributed by atoms with Crippen molar-refractivity contribution in [2.24, 2.45) is 0 Å². The van der Waals surface area contributed by atoms with Gasteiger partial charge >= 0.3 is 0 Å². The van der Waals surface area contributed by atoms with Gasteiger partial charge in [0.25, 0.3) is 0 Å². The first-order valence-corrected chi connectivity index (χ1v) is 6.97. The van der Waals surface area contributed by atoms with Crippen molar-refractivity contribution in [3.63, 3.8) is 0 Å². The van der Waals surface area contributed by atoms with Crippen molar-refractivity contribution in [3.8, 4) is 11.5 Å². The van der Waals surface area contributed by atoms with Crippen LogP contribution in [0.25, 0.3) is 0 Å². The Morgan fingerprint density at radius 3 is 2.74 bits per heavy atom. The molecule has 1 N–H and O–H groups in total. The molecule has 1 heterocycles. The maximum Gasteiger partial charge on any atom is 0.231 e. The van der Waals surface area contributed by atoms with E-state index in [1.54, 1.807) is 0 Å². The average molecular weight is 341 g/mol. The minimum Gasteiger partial charge on any atom is -0.454 e. The molecule has 3 rings (SSSR count). The summed E-state index contributed by atoms with van der Waals surface area (Å²) in [5.41, 5.74) is 2.11. The fourth-order valence-electron chi connectivity index (χ4n) is 1.89. The first-order valence-electron chi connectivity index (χ1n) is 5.80. The molecule has 0 saturated carbocycles. The number of fused-ring (bicyclic) bond motifs is 1. The van der Waals surface area contributed by atoms with Crippen LogP contribution in [0.2, 0.25) is 5.02 Å². The highest BCUT2D eigenvalue weighted by molar-refractivity contribution is 9.10. The van der Waals surface area contributed by atoms with Gasteiger partial charge in [-0.1, -0.05) is 27.5 Å². The summed E-state index contributed by atoms with van der Waals surface area (Å²) in [6.07, 6.45) is 0. The predicted octanol–water partition coefficient (Wildman–Crippen LogP) is 4.44. The lowest BCUT2D eigenvalue weighted by Gasteiger charge is -2.08. The zero-order valence-corrected chi connectivity index (χ0v) is 12.3. The largest absolute Gasteiger partial charge is 0.454 e. The van der Waals surface area contributed by atoms with Crippen molar-refractivity contribution < 1.29 is 9.47 Å². The fraction of sp³-hybridized carbons (Fsp3) is 0.143. The lowest BCUT2D eigenvalue weighted by Crippen LogP contribution is -1.99. The van der Waals surface area contributed by atoms with E-state index in [1.807, 2.05) is 36.4 Å². The molecule has 0 unspecified atom stereocenters. The van der Waals surface area contributed by atoms with Crippen LogP contribution in [0.4, 0.5) is 5.69 Å². The monoisotopic (exact) mass is 339 g/mol. The summed E-state index contributed by atoms with van der Waals surface area (Å²) in [5.74, 6) is 1.34. The van der Waals surface area contributed by atoms with Crippen molar-refractivity contribution in [1.82, 2.24) is 0 Å². The SMILES string of the molecule is Clc1cc(CNc2ccc(Br)cc2)cc2c1OCO2. The molecule has 2 aromatic carbocycles. The first kappa shape index (κ1) is 12.6. The summed E-state index contributed by atoms with van der Waals surface area (Å²) in [7, 11) is 0. The van der Waals surface area contributed by atoms with Gasteiger partial charge < -0.3 is 14.8 Å². The smallest absolute Gasteiger partial charge is 0.231 e. The van der Waals surface area contributed by atoms with E-state index < -0.39 is 0 Å². The summed E-state index contributed by atoms with van der Waals surface area (Å²) in [5, 5.41) is 3.92. The minimum atomic E-state index is 0.235. The lowest BCUT2D eigenvalue weighted by molar-refractivity contribution is 0.174. The van der Waals surface area contributed by atoms with Gasteiger partial charge in [-0.05, 0) is 42.0 Å². The van der Waals surface area contributed by atoms with Crippen LogP contribution in [0.15, 0.2) is 40.9 Å². The van der Waals surface area contributed by atoms with E-state index in [9.17, 15) is 0 Å². The number of nitrogens with one attached hydrogen (secondary N) is 1. The second-order valence-corrected chi connectivity index (χ2v) is 5.49. The summed E-state index contributed by atoms with van der Waals surface area (Å²) in [6, 6.07) is 11.8. The summed E-state index contributed by atoms with van der Waals surface area (Å²) >= 11 is 9.55. The van der Waals surface area contributed by atoms with Crippen LogP contribution >= 0.6 is 27.5 Å². The van der Waals surface area contributed by atoms with Crippen LogP contribution in [0.5, 0.6) is 11.5 Å². The molecular weight excluding hydrogens is 330 g/mol. The average Bonchev–Trinajstić information content (AvgIpc) is 2.87. The van der Waals surface area contributed by atoms with Gasteiger partial charge in [0.15, 0.2) is 11.5 Å². The number of hydrogen-bond acceptors (Lipinski definition) is 3. The van der Waals surface area contributed by atoms with Crippen LogP contribution in [-0.2, 0) is 6.54 Å². The third-order valence-electron chi connectivity index (χ3n) is 2.83. The molecular formula is C14H11BrClNO2. The van der Waals surface area contributed by atoms with Gasteiger partial charge in [0.2, 0.25) is 6.79 Å². The van der Waals surface area contributed by atoms with Gasteiger partial charge in [-0.25, -0.2) is 0 Å². The van der Waals surface area contributed by atoms with Crippen molar-refractivity contribution in [1.29, 1.82) is 0 Å². The van der Waals surface area contributed by atoms with Gasteiger partial charge in [-0.15, -0.1) is 0 Å². The molecule has 1 aliphatic rings. The standard InChI is InChI=1S/C14H11BrClNO2/c15-10-1-3-11(4-2-10)17-7-9-5-12(16)14-13(6-9)18-8-19-14/h1-6,17H,7-8H2. The summed E-state index contributed by atoms with van der Waals surface area (Å²) in [6.45, 7) is 0.913. The molecule has 0 spiro atoms. The normalized spacial score (nSPS) is 12.5. The van der Waals surface area contributed by atoms with Gasteiger partial charge in [-0.3, -0.25) is 0 Å². The summed E-state index contributed by atoms with van der Waals surface area (Å²) in [4.78, 5) is 0. The van der Waals surface area contributed by atoms with Crippen molar-refractivity contribution in [2.75, 3.05) is 12.1 Å². The topological polar surface area (TPSA) is 30.5 Å². The third kappa shape index (κ3) is 2.80. The Hall–Kier alpha value is -1.39. The first-order chi connectivity index (χ1) is 9.22. The third-order valence-corrected chi connectivity index (χ3v) is 3.64. The second kappa shape index (κ2) is 5.31. The second-order valence-electron chi connectivity index (χ2n) is 4.17. The molecule has 0 bridgehead atoms. The predicted molar refractivity (Wildman–Crippen MR) is 79.0 cm³/mol. The van der Waals surface area contributed by atoms with Crippen molar-refractivity contribution >= 4 is 33.2 Å². The Morgan fingerprint density at radius 1 is 1.16 bits per heavy atom. The minimum absolute atomic E-state index is 0.235. The van der Waals surface area contributed by atoms with E-state index in [2.05, 4.69) is 21.2 Å². The molecule has 19 heavy (non-hydrogen) atoms. The highest BCUT2D eigenvalue weighted by atomic mass is 79.9. The number of hydrogen-bond donors (Lipinski definition) is 1. The molecule has 1 aliphatic heterocycles. The van der Waals surface area contributed by atoms with Crippen LogP contribution in [0.3, 0.4) is 0 Å². The van der Waals surface area contributed by atoms with E-state index in [0.29, 0.717) is 23.1 Å².